The van der Waals surface area contributed by atoms with Crippen molar-refractivity contribution in [1.82, 2.24) is 10.2 Å². The summed E-state index contributed by atoms with van der Waals surface area (Å²) >= 11 is 0. The second kappa shape index (κ2) is 9.54. The number of amides is 1. The average molecular weight is 351 g/mol. The van der Waals surface area contributed by atoms with Crippen LogP contribution in [0.2, 0.25) is 0 Å². The summed E-state index contributed by atoms with van der Waals surface area (Å²) < 4.78 is 0. The molecule has 0 spiro atoms. The minimum absolute atomic E-state index is 0.141. The van der Waals surface area contributed by atoms with E-state index in [1.165, 1.54) is 24.0 Å². The first-order valence-corrected chi connectivity index (χ1v) is 9.77. The number of benzene rings is 2. The third-order valence-electron chi connectivity index (χ3n) is 5.30. The summed E-state index contributed by atoms with van der Waals surface area (Å²) in [6.07, 6.45) is 3.97. The minimum atomic E-state index is 0.141. The Hall–Kier alpha value is -2.13. The summed E-state index contributed by atoms with van der Waals surface area (Å²) in [6, 6.07) is 18.9. The molecule has 1 N–H and O–H groups in total. The van der Waals surface area contributed by atoms with Gasteiger partial charge in [0.05, 0.1) is 6.42 Å². The minimum Gasteiger partial charge on any atom is -0.356 e. The SMILES string of the molecule is Cc1cccc(CC(=O)NCC2CCN(CCc3ccccc3)CC2)c1. The molecule has 1 heterocycles. The largest absolute Gasteiger partial charge is 0.356 e. The van der Waals surface area contributed by atoms with Crippen LogP contribution in [0.3, 0.4) is 0 Å². The Morgan fingerprint density at radius 2 is 1.77 bits per heavy atom. The number of hydrogen-bond donors (Lipinski definition) is 1. The van der Waals surface area contributed by atoms with Gasteiger partial charge in [-0.25, -0.2) is 0 Å². The second-order valence-electron chi connectivity index (χ2n) is 7.49. The summed E-state index contributed by atoms with van der Waals surface area (Å²) in [6.45, 7) is 6.30. The maximum absolute atomic E-state index is 12.2. The first-order chi connectivity index (χ1) is 12.7. The zero-order valence-electron chi connectivity index (χ0n) is 15.8. The molecule has 2 aromatic carbocycles. The lowest BCUT2D eigenvalue weighted by atomic mass is 9.96. The summed E-state index contributed by atoms with van der Waals surface area (Å²) in [5, 5.41) is 3.14. The van der Waals surface area contributed by atoms with Gasteiger partial charge in [0.15, 0.2) is 0 Å². The lowest BCUT2D eigenvalue weighted by Crippen LogP contribution is -2.39. The van der Waals surface area contributed by atoms with Crippen molar-refractivity contribution in [1.29, 1.82) is 0 Å². The maximum Gasteiger partial charge on any atom is 0.224 e. The Bertz CT molecular complexity index is 690. The van der Waals surface area contributed by atoms with Crippen LogP contribution in [-0.4, -0.2) is 37.0 Å². The third kappa shape index (κ3) is 5.99. The Balaban J connectivity index is 1.33. The molecule has 1 amide bonds. The molecular formula is C23H30N2O. The van der Waals surface area contributed by atoms with Crippen LogP contribution in [0.15, 0.2) is 54.6 Å². The van der Waals surface area contributed by atoms with Crippen molar-refractivity contribution in [3.63, 3.8) is 0 Å². The van der Waals surface area contributed by atoms with Gasteiger partial charge in [0.1, 0.15) is 0 Å². The van der Waals surface area contributed by atoms with Crippen molar-refractivity contribution in [2.45, 2.75) is 32.6 Å². The lowest BCUT2D eigenvalue weighted by Gasteiger charge is -2.32. The van der Waals surface area contributed by atoms with Crippen molar-refractivity contribution in [3.8, 4) is 0 Å². The van der Waals surface area contributed by atoms with E-state index in [0.717, 1.165) is 38.2 Å². The van der Waals surface area contributed by atoms with Crippen LogP contribution in [-0.2, 0) is 17.6 Å². The smallest absolute Gasteiger partial charge is 0.224 e. The van der Waals surface area contributed by atoms with Gasteiger partial charge in [-0.3, -0.25) is 4.79 Å². The van der Waals surface area contributed by atoms with Crippen LogP contribution in [0.1, 0.15) is 29.5 Å². The highest BCUT2D eigenvalue weighted by Gasteiger charge is 2.19. The number of aryl methyl sites for hydroxylation is 1. The summed E-state index contributed by atoms with van der Waals surface area (Å²) in [5.74, 6) is 0.756. The molecule has 0 bridgehead atoms. The van der Waals surface area contributed by atoms with E-state index in [-0.39, 0.29) is 5.91 Å². The number of nitrogens with zero attached hydrogens (tertiary/aromatic N) is 1. The molecule has 1 aliphatic heterocycles. The van der Waals surface area contributed by atoms with Gasteiger partial charge in [0.25, 0.3) is 0 Å². The number of rotatable bonds is 7. The molecule has 0 aromatic heterocycles. The standard InChI is InChI=1S/C23H30N2O/c1-19-6-5-9-22(16-19)17-23(26)24-18-21-11-14-25(15-12-21)13-10-20-7-3-2-4-8-20/h2-9,16,21H,10-15,17-18H2,1H3,(H,24,26). The summed E-state index contributed by atoms with van der Waals surface area (Å²) in [5.41, 5.74) is 3.72. The molecular weight excluding hydrogens is 320 g/mol. The molecule has 1 aliphatic rings. The molecule has 3 nitrogen and oxygen atoms in total. The zero-order valence-corrected chi connectivity index (χ0v) is 15.8. The van der Waals surface area contributed by atoms with E-state index in [9.17, 15) is 4.79 Å². The van der Waals surface area contributed by atoms with Crippen LogP contribution in [0.25, 0.3) is 0 Å². The maximum atomic E-state index is 12.2. The number of piperidine rings is 1. The molecule has 0 unspecified atom stereocenters. The lowest BCUT2D eigenvalue weighted by molar-refractivity contribution is -0.120. The highest BCUT2D eigenvalue weighted by molar-refractivity contribution is 5.78. The van der Waals surface area contributed by atoms with Gasteiger partial charge in [-0.05, 0) is 56.3 Å². The van der Waals surface area contributed by atoms with E-state index in [0.29, 0.717) is 12.3 Å². The van der Waals surface area contributed by atoms with Crippen molar-refractivity contribution < 1.29 is 4.79 Å². The fourth-order valence-electron chi connectivity index (χ4n) is 3.67. The molecule has 0 radical (unpaired) electrons. The van der Waals surface area contributed by atoms with E-state index in [1.807, 2.05) is 12.1 Å². The Labute approximate surface area is 157 Å². The Morgan fingerprint density at radius 1 is 1.04 bits per heavy atom. The molecule has 0 atom stereocenters. The molecule has 1 fully saturated rings. The highest BCUT2D eigenvalue weighted by Crippen LogP contribution is 2.17. The molecule has 26 heavy (non-hydrogen) atoms. The van der Waals surface area contributed by atoms with Crippen LogP contribution in [0.4, 0.5) is 0 Å². The van der Waals surface area contributed by atoms with Crippen molar-refractivity contribution in [2.75, 3.05) is 26.2 Å². The van der Waals surface area contributed by atoms with E-state index in [2.05, 4.69) is 59.6 Å². The van der Waals surface area contributed by atoms with Crippen LogP contribution in [0, 0.1) is 12.8 Å². The molecule has 2 aromatic rings. The van der Waals surface area contributed by atoms with E-state index >= 15 is 0 Å². The number of likely N-dealkylation sites (tertiary alicyclic amines) is 1. The third-order valence-corrected chi connectivity index (χ3v) is 5.30. The summed E-state index contributed by atoms with van der Waals surface area (Å²) in [4.78, 5) is 14.7. The van der Waals surface area contributed by atoms with Gasteiger partial charge in [0, 0.05) is 13.1 Å². The highest BCUT2D eigenvalue weighted by atomic mass is 16.1. The van der Waals surface area contributed by atoms with Crippen molar-refractivity contribution in [3.05, 3.63) is 71.3 Å². The fraction of sp³-hybridized carbons (Fsp3) is 0.435. The van der Waals surface area contributed by atoms with E-state index in [4.69, 9.17) is 0 Å². The van der Waals surface area contributed by atoms with Crippen molar-refractivity contribution >= 4 is 5.91 Å². The number of carbonyl (C=O) groups is 1. The van der Waals surface area contributed by atoms with Gasteiger partial charge in [-0.15, -0.1) is 0 Å². The van der Waals surface area contributed by atoms with Crippen LogP contribution < -0.4 is 5.32 Å². The van der Waals surface area contributed by atoms with Gasteiger partial charge < -0.3 is 10.2 Å². The molecule has 3 heteroatoms. The number of nitrogens with one attached hydrogen (secondary N) is 1. The topological polar surface area (TPSA) is 32.3 Å². The first kappa shape index (κ1) is 18.7. The Morgan fingerprint density at radius 3 is 2.50 bits per heavy atom. The van der Waals surface area contributed by atoms with Crippen LogP contribution in [0.5, 0.6) is 0 Å². The second-order valence-corrected chi connectivity index (χ2v) is 7.49. The van der Waals surface area contributed by atoms with E-state index in [1.54, 1.807) is 0 Å². The molecule has 138 valence electrons. The Kier molecular flexibility index (Phi) is 6.84. The van der Waals surface area contributed by atoms with Gasteiger partial charge in [-0.1, -0.05) is 60.2 Å². The normalized spacial score (nSPS) is 15.7. The van der Waals surface area contributed by atoms with Gasteiger partial charge in [-0.2, -0.15) is 0 Å². The number of hydrogen-bond acceptors (Lipinski definition) is 2. The van der Waals surface area contributed by atoms with E-state index < -0.39 is 0 Å². The average Bonchev–Trinajstić information content (AvgIpc) is 2.66. The van der Waals surface area contributed by atoms with Crippen molar-refractivity contribution in [2.24, 2.45) is 5.92 Å². The first-order valence-electron chi connectivity index (χ1n) is 9.77. The molecule has 1 saturated heterocycles. The molecule has 3 rings (SSSR count). The van der Waals surface area contributed by atoms with Gasteiger partial charge >= 0.3 is 0 Å². The predicted molar refractivity (Wildman–Crippen MR) is 107 cm³/mol. The summed E-state index contributed by atoms with van der Waals surface area (Å²) in [7, 11) is 0. The number of carbonyl (C=O) groups excluding carboxylic acids is 1. The molecule has 0 aliphatic carbocycles. The van der Waals surface area contributed by atoms with Crippen LogP contribution >= 0.6 is 0 Å². The predicted octanol–water partition coefficient (Wildman–Crippen LogP) is 3.61. The van der Waals surface area contributed by atoms with Gasteiger partial charge in [0.2, 0.25) is 5.91 Å². The zero-order chi connectivity index (χ0) is 18.2. The molecule has 0 saturated carbocycles. The quantitative estimate of drug-likeness (QED) is 0.827. The monoisotopic (exact) mass is 350 g/mol. The fourth-order valence-corrected chi connectivity index (χ4v) is 3.67.